The molecule has 3 unspecified atom stereocenters. The fourth-order valence-corrected chi connectivity index (χ4v) is 10.3. The van der Waals surface area contributed by atoms with Crippen molar-refractivity contribution < 1.29 is 39.5 Å². The summed E-state index contributed by atoms with van der Waals surface area (Å²) in [5.74, 6) is -5.91. The largest absolute Gasteiger partial charge is 0.389 e. The molecule has 5 aliphatic rings. The zero-order valence-corrected chi connectivity index (χ0v) is 24.3. The molecule has 1 heterocycles. The van der Waals surface area contributed by atoms with Gasteiger partial charge in [0.05, 0.1) is 12.2 Å². The number of carbonyl (C=O) groups is 3. The molecule has 1 aliphatic heterocycles. The lowest BCUT2D eigenvalue weighted by Gasteiger charge is -2.69. The first kappa shape index (κ1) is 29.1. The van der Waals surface area contributed by atoms with Crippen molar-refractivity contribution in [1.82, 2.24) is 0 Å². The average Bonchev–Trinajstić information content (AvgIpc) is 3.13. The smallest absolute Gasteiger partial charge is 0.196 e. The molecule has 0 amide bonds. The van der Waals surface area contributed by atoms with E-state index in [1.54, 1.807) is 6.92 Å². The van der Waals surface area contributed by atoms with Gasteiger partial charge in [-0.05, 0) is 54.9 Å². The summed E-state index contributed by atoms with van der Waals surface area (Å²) in [6.07, 6.45) is -0.609. The normalized spacial score (nSPS) is 47.3. The third kappa shape index (κ3) is 3.57. The molecule has 4 aliphatic carbocycles. The van der Waals surface area contributed by atoms with Gasteiger partial charge in [-0.2, -0.15) is 0 Å². The number of Topliss-reactive ketones (excluding diaryl/α,β-unsaturated/α-hetero) is 2. The quantitative estimate of drug-likeness (QED) is 0.398. The van der Waals surface area contributed by atoms with Crippen molar-refractivity contribution >= 4 is 17.3 Å². The van der Waals surface area contributed by atoms with Crippen LogP contribution in [0, 0.1) is 58.2 Å². The van der Waals surface area contributed by atoms with Crippen molar-refractivity contribution in [2.24, 2.45) is 58.2 Å². The first-order chi connectivity index (χ1) is 18.0. The van der Waals surface area contributed by atoms with Gasteiger partial charge in [0.2, 0.25) is 0 Å². The Morgan fingerprint density at radius 2 is 1.79 bits per heavy atom. The Balaban J connectivity index is 1.60. The number of fused-ring (bicyclic) bond motifs is 1. The molecule has 218 valence electrons. The molecule has 0 aromatic heterocycles. The number of aliphatic hydroxyl groups is 4. The average molecular weight is 547 g/mol. The summed E-state index contributed by atoms with van der Waals surface area (Å²) < 4.78 is 6.11. The number of ether oxygens (including phenoxy) is 1. The maximum absolute atomic E-state index is 13.8. The summed E-state index contributed by atoms with van der Waals surface area (Å²) in [7, 11) is 0. The summed E-state index contributed by atoms with van der Waals surface area (Å²) in [6.45, 7) is 13.1. The third-order valence-electron chi connectivity index (χ3n) is 12.3. The lowest BCUT2D eigenvalue weighted by atomic mass is 9.34. The fourth-order valence-electron chi connectivity index (χ4n) is 10.3. The molecule has 2 bridgehead atoms. The monoisotopic (exact) mass is 546 g/mol. The molecule has 11 atom stereocenters. The Hall–Kier alpha value is -1.45. The number of allylic oxidation sites excluding steroid dienone is 1. The Morgan fingerprint density at radius 1 is 1.18 bits per heavy atom. The predicted molar refractivity (Wildman–Crippen MR) is 142 cm³/mol. The van der Waals surface area contributed by atoms with E-state index in [4.69, 9.17) is 4.74 Å². The van der Waals surface area contributed by atoms with E-state index in [1.807, 2.05) is 41.5 Å². The van der Waals surface area contributed by atoms with Crippen LogP contribution < -0.4 is 0 Å². The summed E-state index contributed by atoms with van der Waals surface area (Å²) in [5, 5.41) is 46.3. The highest BCUT2D eigenvalue weighted by atomic mass is 16.6. The van der Waals surface area contributed by atoms with Crippen molar-refractivity contribution in [1.29, 1.82) is 0 Å². The van der Waals surface area contributed by atoms with Crippen LogP contribution in [-0.4, -0.2) is 68.0 Å². The van der Waals surface area contributed by atoms with Crippen molar-refractivity contribution in [2.45, 2.75) is 97.7 Å². The number of hydrogen-bond acceptors (Lipinski definition) is 8. The van der Waals surface area contributed by atoms with E-state index < -0.39 is 63.9 Å². The molecule has 0 aromatic rings. The van der Waals surface area contributed by atoms with Gasteiger partial charge in [0, 0.05) is 41.9 Å². The molecule has 4 N–H and O–H groups in total. The predicted octanol–water partition coefficient (Wildman–Crippen LogP) is 2.45. The molecule has 3 saturated carbocycles. The van der Waals surface area contributed by atoms with Crippen LogP contribution in [0.25, 0.3) is 0 Å². The van der Waals surface area contributed by atoms with Gasteiger partial charge in [-0.25, -0.2) is 0 Å². The number of hydrogen-bond donors (Lipinski definition) is 4. The summed E-state index contributed by atoms with van der Waals surface area (Å²) in [6, 6.07) is 0. The number of carbonyl (C=O) groups excluding carboxylic acids is 3. The third-order valence-corrected chi connectivity index (χ3v) is 12.3. The molecular formula is C31H46O8. The minimum absolute atomic E-state index is 0.0329. The van der Waals surface area contributed by atoms with E-state index in [2.05, 4.69) is 0 Å². The minimum Gasteiger partial charge on any atom is -0.389 e. The highest BCUT2D eigenvalue weighted by Crippen LogP contribution is 2.76. The van der Waals surface area contributed by atoms with Gasteiger partial charge in [-0.3, -0.25) is 14.4 Å². The van der Waals surface area contributed by atoms with Crippen LogP contribution in [0.5, 0.6) is 0 Å². The first-order valence-corrected chi connectivity index (χ1v) is 14.7. The fraction of sp³-hybridized carbons (Fsp3) is 0.839. The van der Waals surface area contributed by atoms with Gasteiger partial charge in [-0.1, -0.05) is 47.1 Å². The van der Waals surface area contributed by atoms with Gasteiger partial charge < -0.3 is 25.2 Å². The second kappa shape index (κ2) is 9.02. The van der Waals surface area contributed by atoms with Gasteiger partial charge in [0.25, 0.3) is 0 Å². The Labute approximate surface area is 231 Å². The molecule has 39 heavy (non-hydrogen) atoms. The van der Waals surface area contributed by atoms with Crippen LogP contribution in [0.4, 0.5) is 0 Å². The summed E-state index contributed by atoms with van der Waals surface area (Å²) >= 11 is 0. The van der Waals surface area contributed by atoms with E-state index >= 15 is 0 Å². The van der Waals surface area contributed by atoms with Crippen LogP contribution >= 0.6 is 0 Å². The standard InChI is InChI=1S/C31H46O8/c1-14(2)30(37,15(3)4)12-19(32)11-20-22(33)10-18-9-21-16(5)8-23(34)26(36)28(21,7)27-29(18)13-39-31(27,38)25(35)17(6)24(20)29/h8,14-15,17-18,20-21,24-27,35-38H,9-13H2,1-7H3/t17-,18+,20?,21+,24?,25-,26-,27?,28-,29+,31+/m1/s1. The summed E-state index contributed by atoms with van der Waals surface area (Å²) in [4.78, 5) is 40.3. The highest BCUT2D eigenvalue weighted by molar-refractivity contribution is 5.96. The van der Waals surface area contributed by atoms with Gasteiger partial charge in [-0.15, -0.1) is 0 Å². The van der Waals surface area contributed by atoms with Crippen LogP contribution in [0.15, 0.2) is 11.6 Å². The molecule has 5 rings (SSSR count). The second-order valence-corrected chi connectivity index (χ2v) is 14.5. The van der Waals surface area contributed by atoms with E-state index in [9.17, 15) is 34.8 Å². The lowest BCUT2D eigenvalue weighted by Crippen LogP contribution is -2.75. The molecule has 1 saturated heterocycles. The van der Waals surface area contributed by atoms with Crippen molar-refractivity contribution in [3.05, 3.63) is 11.6 Å². The molecule has 4 fully saturated rings. The summed E-state index contributed by atoms with van der Waals surface area (Å²) in [5.41, 5.74) is -2.29. The Morgan fingerprint density at radius 3 is 2.38 bits per heavy atom. The highest BCUT2D eigenvalue weighted by Gasteiger charge is 2.81. The van der Waals surface area contributed by atoms with Crippen LogP contribution in [-0.2, 0) is 19.1 Å². The first-order valence-electron chi connectivity index (χ1n) is 14.7. The molecule has 8 heteroatoms. The van der Waals surface area contributed by atoms with Crippen LogP contribution in [0.2, 0.25) is 0 Å². The minimum atomic E-state index is -1.98. The number of rotatable bonds is 6. The van der Waals surface area contributed by atoms with Crippen molar-refractivity contribution in [3.63, 3.8) is 0 Å². The molecular weight excluding hydrogens is 500 g/mol. The SMILES string of the molecule is CC1=CC(=O)[C@@H](O)[C@]2(C)C3[C@]45CO[C@@]3(O)[C@H](O)[C@H](C)C4C(CC(=O)CC(O)(C(C)C)C(C)C)C(=O)C[C@@H]5C[C@@H]12. The van der Waals surface area contributed by atoms with Crippen LogP contribution in [0.3, 0.4) is 0 Å². The van der Waals surface area contributed by atoms with E-state index in [-0.39, 0.29) is 61.1 Å². The Kier molecular flexibility index (Phi) is 6.72. The van der Waals surface area contributed by atoms with Crippen LogP contribution in [0.1, 0.15) is 74.1 Å². The second-order valence-electron chi connectivity index (χ2n) is 14.5. The molecule has 1 spiro atoms. The van der Waals surface area contributed by atoms with Gasteiger partial charge in [0.1, 0.15) is 23.8 Å². The number of aliphatic hydroxyl groups excluding tert-OH is 2. The maximum Gasteiger partial charge on any atom is 0.196 e. The Bertz CT molecular complexity index is 1100. The van der Waals surface area contributed by atoms with Crippen molar-refractivity contribution in [2.75, 3.05) is 6.61 Å². The van der Waals surface area contributed by atoms with Gasteiger partial charge in [0.15, 0.2) is 11.6 Å². The lowest BCUT2D eigenvalue weighted by molar-refractivity contribution is -0.327. The molecule has 0 aromatic carbocycles. The van der Waals surface area contributed by atoms with E-state index in [1.165, 1.54) is 6.08 Å². The van der Waals surface area contributed by atoms with Gasteiger partial charge >= 0.3 is 0 Å². The molecule has 0 radical (unpaired) electrons. The number of ketones is 3. The van der Waals surface area contributed by atoms with E-state index in [0.29, 0.717) is 6.42 Å². The van der Waals surface area contributed by atoms with Crippen molar-refractivity contribution in [3.8, 4) is 0 Å². The molecule has 8 nitrogen and oxygen atoms in total. The van der Waals surface area contributed by atoms with E-state index in [0.717, 1.165) is 5.57 Å². The zero-order valence-electron chi connectivity index (χ0n) is 24.3. The zero-order chi connectivity index (χ0) is 29.0. The maximum atomic E-state index is 13.8. The topological polar surface area (TPSA) is 141 Å².